The Kier molecular flexibility index (Phi) is 14.7. The quantitative estimate of drug-likeness (QED) is 0.351. The van der Waals surface area contributed by atoms with E-state index in [-0.39, 0.29) is 24.9 Å². The molecule has 0 bridgehead atoms. The molecule has 0 heterocycles. The maximum absolute atomic E-state index is 12.4. The minimum Gasteiger partial charge on any atom is -0.480 e. The molecule has 0 aromatic carbocycles. The molecule has 0 aliphatic rings. The van der Waals surface area contributed by atoms with Gasteiger partial charge in [0.15, 0.2) is 0 Å². The second-order valence-corrected chi connectivity index (χ2v) is 7.39. The second kappa shape index (κ2) is 15.6. The highest BCUT2D eigenvalue weighted by Gasteiger charge is 2.26. The molecule has 0 fully saturated rings. The SMILES string of the molecule is CCCCCCCC(N)CC(=O)N(CC(=O)O)C(=O)CC(N)CCCCC. The predicted octanol–water partition coefficient (Wildman–Crippen LogP) is 2.80. The summed E-state index contributed by atoms with van der Waals surface area (Å²) in [4.78, 5) is 36.7. The number of amides is 2. The van der Waals surface area contributed by atoms with Crippen molar-refractivity contribution in [3.63, 3.8) is 0 Å². The summed E-state index contributed by atoms with van der Waals surface area (Å²) in [5.74, 6) is -2.27. The molecule has 2 unspecified atom stereocenters. The van der Waals surface area contributed by atoms with E-state index in [0.717, 1.165) is 49.8 Å². The number of aliphatic carboxylic acids is 1. The van der Waals surface area contributed by atoms with Crippen LogP contribution in [0.5, 0.6) is 0 Å². The van der Waals surface area contributed by atoms with Crippen molar-refractivity contribution < 1.29 is 19.5 Å². The lowest BCUT2D eigenvalue weighted by Gasteiger charge is -2.22. The maximum atomic E-state index is 12.4. The van der Waals surface area contributed by atoms with E-state index >= 15 is 0 Å². The number of rotatable bonds is 16. The summed E-state index contributed by atoms with van der Waals surface area (Å²) < 4.78 is 0. The number of nitrogens with zero attached hydrogens (tertiary/aromatic N) is 1. The summed E-state index contributed by atoms with van der Waals surface area (Å²) in [6, 6.07) is -0.721. The Morgan fingerprint density at radius 2 is 1.19 bits per heavy atom. The summed E-state index contributed by atoms with van der Waals surface area (Å²) in [6.45, 7) is 3.59. The number of unbranched alkanes of at least 4 members (excludes halogenated alkanes) is 6. The van der Waals surface area contributed by atoms with Crippen LogP contribution in [-0.2, 0) is 14.4 Å². The van der Waals surface area contributed by atoms with Gasteiger partial charge in [-0.1, -0.05) is 65.2 Å². The lowest BCUT2D eigenvalue weighted by Crippen LogP contribution is -2.44. The molecule has 0 aliphatic carbocycles. The van der Waals surface area contributed by atoms with E-state index in [4.69, 9.17) is 16.6 Å². The molecule has 0 saturated carbocycles. The van der Waals surface area contributed by atoms with E-state index in [1.54, 1.807) is 0 Å². The van der Waals surface area contributed by atoms with Crippen LogP contribution in [-0.4, -0.2) is 46.4 Å². The van der Waals surface area contributed by atoms with Crippen molar-refractivity contribution >= 4 is 17.8 Å². The van der Waals surface area contributed by atoms with E-state index < -0.39 is 24.3 Å². The van der Waals surface area contributed by atoms with Crippen molar-refractivity contribution in [1.82, 2.24) is 4.90 Å². The third-order valence-electron chi connectivity index (χ3n) is 4.63. The summed E-state index contributed by atoms with van der Waals surface area (Å²) in [7, 11) is 0. The van der Waals surface area contributed by atoms with Crippen LogP contribution in [0.3, 0.4) is 0 Å². The van der Waals surface area contributed by atoms with Crippen LogP contribution in [0.15, 0.2) is 0 Å². The number of hydrogen-bond acceptors (Lipinski definition) is 5. The van der Waals surface area contributed by atoms with Gasteiger partial charge in [-0.05, 0) is 12.8 Å². The maximum Gasteiger partial charge on any atom is 0.323 e. The molecular formula is C20H39N3O4. The van der Waals surface area contributed by atoms with Gasteiger partial charge in [-0.3, -0.25) is 19.3 Å². The first-order chi connectivity index (χ1) is 12.8. The van der Waals surface area contributed by atoms with Gasteiger partial charge in [0.2, 0.25) is 11.8 Å². The van der Waals surface area contributed by atoms with E-state index in [1.807, 2.05) is 0 Å². The van der Waals surface area contributed by atoms with Crippen LogP contribution in [0.25, 0.3) is 0 Å². The molecule has 0 saturated heterocycles. The molecule has 27 heavy (non-hydrogen) atoms. The lowest BCUT2D eigenvalue weighted by molar-refractivity contribution is -0.153. The smallest absolute Gasteiger partial charge is 0.323 e. The lowest BCUT2D eigenvalue weighted by atomic mass is 10.0. The highest BCUT2D eigenvalue weighted by atomic mass is 16.4. The second-order valence-electron chi connectivity index (χ2n) is 7.39. The molecule has 158 valence electrons. The number of hydrogen-bond donors (Lipinski definition) is 3. The standard InChI is InChI=1S/C20H39N3O4/c1-3-5-7-8-10-12-17(22)14-19(25)23(15-20(26)27)18(24)13-16(21)11-9-6-4-2/h16-17H,3-15,21-22H2,1-2H3,(H,26,27). The largest absolute Gasteiger partial charge is 0.480 e. The average molecular weight is 386 g/mol. The van der Waals surface area contributed by atoms with Gasteiger partial charge in [0.1, 0.15) is 6.54 Å². The number of carboxylic acid groups (broad SMARTS) is 1. The molecule has 0 radical (unpaired) electrons. The number of imide groups is 1. The normalized spacial score (nSPS) is 13.2. The number of carbonyl (C=O) groups is 3. The highest BCUT2D eigenvalue weighted by Crippen LogP contribution is 2.11. The zero-order valence-corrected chi connectivity index (χ0v) is 17.1. The molecule has 7 heteroatoms. The van der Waals surface area contributed by atoms with E-state index in [1.165, 1.54) is 6.42 Å². The van der Waals surface area contributed by atoms with Gasteiger partial charge in [0.05, 0.1) is 0 Å². The molecule has 0 spiro atoms. The predicted molar refractivity (Wildman–Crippen MR) is 107 cm³/mol. The molecule has 0 rings (SSSR count). The van der Waals surface area contributed by atoms with Crippen LogP contribution in [0, 0.1) is 0 Å². The minimum atomic E-state index is -1.22. The Morgan fingerprint density at radius 1 is 0.778 bits per heavy atom. The molecular weight excluding hydrogens is 346 g/mol. The number of nitrogens with two attached hydrogens (primary N) is 2. The van der Waals surface area contributed by atoms with Gasteiger partial charge in [-0.25, -0.2) is 0 Å². The van der Waals surface area contributed by atoms with Gasteiger partial charge in [-0.2, -0.15) is 0 Å². The van der Waals surface area contributed by atoms with Crippen LogP contribution in [0.4, 0.5) is 0 Å². The van der Waals surface area contributed by atoms with Gasteiger partial charge in [0.25, 0.3) is 0 Å². The summed E-state index contributed by atoms with van der Waals surface area (Å²) >= 11 is 0. The third-order valence-corrected chi connectivity index (χ3v) is 4.63. The third kappa shape index (κ3) is 13.4. The van der Waals surface area contributed by atoms with Crippen molar-refractivity contribution in [2.24, 2.45) is 11.5 Å². The van der Waals surface area contributed by atoms with E-state index in [0.29, 0.717) is 12.8 Å². The molecule has 0 aliphatic heterocycles. The van der Waals surface area contributed by atoms with Crippen LogP contribution in [0.1, 0.15) is 90.9 Å². The number of carbonyl (C=O) groups excluding carboxylic acids is 2. The Bertz CT molecular complexity index is 443. The Labute approximate surface area is 163 Å². The fourth-order valence-electron chi connectivity index (χ4n) is 2.99. The van der Waals surface area contributed by atoms with Gasteiger partial charge >= 0.3 is 5.97 Å². The Balaban J connectivity index is 4.52. The first-order valence-corrected chi connectivity index (χ1v) is 10.4. The topological polar surface area (TPSA) is 127 Å². The van der Waals surface area contributed by atoms with Crippen LogP contribution in [0.2, 0.25) is 0 Å². The van der Waals surface area contributed by atoms with E-state index in [2.05, 4.69) is 13.8 Å². The van der Waals surface area contributed by atoms with Crippen molar-refractivity contribution in [3.05, 3.63) is 0 Å². The van der Waals surface area contributed by atoms with Gasteiger partial charge < -0.3 is 16.6 Å². The Hall–Kier alpha value is -1.47. The summed E-state index contributed by atoms with van der Waals surface area (Å²) in [5.41, 5.74) is 12.0. The summed E-state index contributed by atoms with van der Waals surface area (Å²) in [6.07, 6.45) is 9.86. The van der Waals surface area contributed by atoms with Crippen LogP contribution < -0.4 is 11.5 Å². The highest BCUT2D eigenvalue weighted by molar-refractivity contribution is 5.98. The van der Waals surface area contributed by atoms with Gasteiger partial charge in [0, 0.05) is 24.9 Å². The average Bonchev–Trinajstić information content (AvgIpc) is 2.59. The Morgan fingerprint density at radius 3 is 1.63 bits per heavy atom. The summed E-state index contributed by atoms with van der Waals surface area (Å²) in [5, 5.41) is 9.04. The molecule has 0 aromatic heterocycles. The van der Waals surface area contributed by atoms with Crippen LogP contribution >= 0.6 is 0 Å². The van der Waals surface area contributed by atoms with Crippen molar-refractivity contribution in [3.8, 4) is 0 Å². The van der Waals surface area contributed by atoms with Crippen molar-refractivity contribution in [2.75, 3.05) is 6.54 Å². The minimum absolute atomic E-state index is 0.0160. The molecule has 7 nitrogen and oxygen atoms in total. The number of carboxylic acids is 1. The fourth-order valence-corrected chi connectivity index (χ4v) is 2.99. The van der Waals surface area contributed by atoms with Gasteiger partial charge in [-0.15, -0.1) is 0 Å². The zero-order chi connectivity index (χ0) is 20.7. The molecule has 5 N–H and O–H groups in total. The first-order valence-electron chi connectivity index (χ1n) is 10.4. The zero-order valence-electron chi connectivity index (χ0n) is 17.1. The van der Waals surface area contributed by atoms with Crippen molar-refractivity contribution in [1.29, 1.82) is 0 Å². The van der Waals surface area contributed by atoms with E-state index in [9.17, 15) is 14.4 Å². The molecule has 2 amide bonds. The monoisotopic (exact) mass is 385 g/mol. The fraction of sp³-hybridized carbons (Fsp3) is 0.850. The molecule has 2 atom stereocenters. The van der Waals surface area contributed by atoms with Crippen molar-refractivity contribution in [2.45, 2.75) is 103 Å². The first kappa shape index (κ1) is 25.5. The molecule has 0 aromatic rings.